The second-order valence-electron chi connectivity index (χ2n) is 5.72. The third-order valence-electron chi connectivity index (χ3n) is 3.94. The van der Waals surface area contributed by atoms with Gasteiger partial charge in [-0.1, -0.05) is 31.2 Å². The number of carbonyl (C=O) groups excluding carboxylic acids is 1. The molecule has 0 aliphatic rings. The molecule has 3 rings (SSSR count). The second kappa shape index (κ2) is 7.07. The lowest BCUT2D eigenvalue weighted by molar-refractivity contribution is -0.115. The molecule has 130 valence electrons. The molecule has 1 amide bonds. The fraction of sp³-hybridized carbons (Fsp3) is 0.158. The summed E-state index contributed by atoms with van der Waals surface area (Å²) >= 11 is 0. The number of pyridine rings is 1. The summed E-state index contributed by atoms with van der Waals surface area (Å²) in [6.07, 6.45) is 1.89. The van der Waals surface area contributed by atoms with Gasteiger partial charge in [0, 0.05) is 12.1 Å². The van der Waals surface area contributed by atoms with E-state index in [1.54, 1.807) is 43.3 Å². The Morgan fingerprint density at radius 3 is 2.58 bits per heavy atom. The van der Waals surface area contributed by atoms with Crippen molar-refractivity contribution in [3.05, 3.63) is 70.1 Å². The monoisotopic (exact) mass is 347 g/mol. The maximum atomic E-state index is 12.8. The number of amides is 1. The fourth-order valence-electron chi connectivity index (χ4n) is 2.59. The van der Waals surface area contributed by atoms with Crippen molar-refractivity contribution in [2.45, 2.75) is 20.3 Å². The number of carbonyl (C=O) groups is 1. The van der Waals surface area contributed by atoms with Crippen molar-refractivity contribution in [3.63, 3.8) is 0 Å². The van der Waals surface area contributed by atoms with E-state index in [-0.39, 0.29) is 11.5 Å². The van der Waals surface area contributed by atoms with Gasteiger partial charge in [0.1, 0.15) is 0 Å². The Morgan fingerprint density at radius 1 is 1.27 bits per heavy atom. The van der Waals surface area contributed by atoms with Gasteiger partial charge in [0.15, 0.2) is 11.5 Å². The summed E-state index contributed by atoms with van der Waals surface area (Å²) in [4.78, 5) is 31.8. The highest BCUT2D eigenvalue weighted by atomic mass is 16.1. The summed E-state index contributed by atoms with van der Waals surface area (Å²) in [5.74, 6) is 0.328. The van der Waals surface area contributed by atoms with Gasteiger partial charge >= 0.3 is 0 Å². The van der Waals surface area contributed by atoms with E-state index in [0.717, 1.165) is 5.56 Å². The summed E-state index contributed by atoms with van der Waals surface area (Å²) in [5.41, 5.74) is 2.85. The number of nitrogens with zero attached hydrogens (tertiary/aromatic N) is 3. The van der Waals surface area contributed by atoms with Crippen LogP contribution >= 0.6 is 0 Å². The van der Waals surface area contributed by atoms with Gasteiger partial charge in [-0.15, -0.1) is 0 Å². The number of hydrogen-bond acceptors (Lipinski definition) is 3. The van der Waals surface area contributed by atoms with Crippen molar-refractivity contribution in [2.75, 3.05) is 5.32 Å². The number of H-pyrrole nitrogens is 1. The van der Waals surface area contributed by atoms with Crippen LogP contribution < -0.4 is 10.9 Å². The van der Waals surface area contributed by atoms with Gasteiger partial charge in [0.2, 0.25) is 5.91 Å². The summed E-state index contributed by atoms with van der Waals surface area (Å²) in [5, 5.41) is 5.74. The quantitative estimate of drug-likeness (QED) is 0.709. The minimum Gasteiger partial charge on any atom is -0.325 e. The van der Waals surface area contributed by atoms with Gasteiger partial charge in [-0.2, -0.15) is 0 Å². The summed E-state index contributed by atoms with van der Waals surface area (Å²) in [6, 6.07) is 10.2. The average molecular weight is 347 g/mol. The Balaban J connectivity index is 1.96. The smallest absolute Gasteiger partial charge is 0.280 e. The van der Waals surface area contributed by atoms with E-state index >= 15 is 0 Å². The van der Waals surface area contributed by atoms with Crippen molar-refractivity contribution >= 4 is 17.3 Å². The highest BCUT2D eigenvalue weighted by molar-refractivity contribution is 5.90. The van der Waals surface area contributed by atoms with Gasteiger partial charge in [-0.25, -0.2) is 14.5 Å². The van der Waals surface area contributed by atoms with E-state index in [2.05, 4.69) is 20.2 Å². The molecule has 1 aromatic carbocycles. The van der Waals surface area contributed by atoms with Crippen LogP contribution in [0.5, 0.6) is 0 Å². The summed E-state index contributed by atoms with van der Waals surface area (Å²) < 4.78 is 1.36. The zero-order valence-corrected chi connectivity index (χ0v) is 14.4. The summed E-state index contributed by atoms with van der Waals surface area (Å²) in [7, 11) is 0. The number of aryl methyl sites for hydroxylation is 1. The fourth-order valence-corrected chi connectivity index (χ4v) is 2.59. The van der Waals surface area contributed by atoms with Crippen LogP contribution in [0.15, 0.2) is 47.4 Å². The Morgan fingerprint density at radius 2 is 2.00 bits per heavy atom. The van der Waals surface area contributed by atoms with Crippen LogP contribution in [0.1, 0.15) is 19.0 Å². The minimum absolute atomic E-state index is 0.0995. The number of benzene rings is 1. The van der Waals surface area contributed by atoms with E-state index in [9.17, 15) is 9.59 Å². The lowest BCUT2D eigenvalue weighted by atomic mass is 10.1. The molecule has 0 aliphatic carbocycles. The van der Waals surface area contributed by atoms with E-state index in [1.807, 2.05) is 6.92 Å². The van der Waals surface area contributed by atoms with Crippen LogP contribution in [0, 0.1) is 13.5 Å². The third-order valence-corrected chi connectivity index (χ3v) is 3.94. The molecule has 7 heteroatoms. The van der Waals surface area contributed by atoms with Gasteiger partial charge in [0.25, 0.3) is 5.56 Å². The molecule has 7 nitrogen and oxygen atoms in total. The molecule has 0 aliphatic heterocycles. The predicted molar refractivity (Wildman–Crippen MR) is 99.5 cm³/mol. The number of hydrogen-bond donors (Lipinski definition) is 2. The Labute approximate surface area is 150 Å². The Kier molecular flexibility index (Phi) is 4.67. The number of nitrogens with one attached hydrogen (secondary N) is 2. The van der Waals surface area contributed by atoms with Crippen LogP contribution in [0.4, 0.5) is 11.4 Å². The van der Waals surface area contributed by atoms with Gasteiger partial charge in [-0.3, -0.25) is 14.7 Å². The third kappa shape index (κ3) is 3.26. The number of anilines is 1. The molecule has 2 heterocycles. The molecule has 0 unspecified atom stereocenters. The maximum Gasteiger partial charge on any atom is 0.280 e. The predicted octanol–water partition coefficient (Wildman–Crippen LogP) is 3.44. The maximum absolute atomic E-state index is 12.8. The average Bonchev–Trinajstić information content (AvgIpc) is 2.96. The summed E-state index contributed by atoms with van der Waals surface area (Å²) in [6.45, 7) is 10.6. The Bertz CT molecular complexity index is 1040. The first kappa shape index (κ1) is 17.2. The first-order valence-corrected chi connectivity index (χ1v) is 8.09. The minimum atomic E-state index is -0.226. The Hall–Kier alpha value is -3.66. The molecule has 0 radical (unpaired) electrons. The zero-order chi connectivity index (χ0) is 18.7. The molecule has 3 aromatic rings. The van der Waals surface area contributed by atoms with Crippen LogP contribution in [0.25, 0.3) is 21.8 Å². The SMILES string of the molecule is [C-]#[N+]c1ccc(-c2c(C)[nH]n(-c3ccc(NC(=O)CC)cn3)c2=O)cc1. The standard InChI is InChI=1S/C19H17N5O2/c1-4-17(25)22-15-9-10-16(21-11-15)24-19(26)18(12(2)23-24)13-5-7-14(20-3)8-6-13/h5-11,23H,4H2,1-2H3,(H,22,25). The van der Waals surface area contributed by atoms with E-state index in [0.29, 0.717) is 34.9 Å². The number of aromatic nitrogens is 3. The van der Waals surface area contributed by atoms with Gasteiger partial charge < -0.3 is 5.32 Å². The van der Waals surface area contributed by atoms with Crippen LogP contribution in [0.2, 0.25) is 0 Å². The zero-order valence-electron chi connectivity index (χ0n) is 14.4. The lowest BCUT2D eigenvalue weighted by Crippen LogP contribution is -2.17. The van der Waals surface area contributed by atoms with Crippen molar-refractivity contribution in [1.29, 1.82) is 0 Å². The van der Waals surface area contributed by atoms with Crippen molar-refractivity contribution < 1.29 is 4.79 Å². The lowest BCUT2D eigenvalue weighted by Gasteiger charge is -2.04. The normalized spacial score (nSPS) is 10.3. The largest absolute Gasteiger partial charge is 0.325 e. The molecule has 0 atom stereocenters. The molecule has 0 saturated heterocycles. The van der Waals surface area contributed by atoms with Crippen LogP contribution in [-0.2, 0) is 4.79 Å². The van der Waals surface area contributed by atoms with Crippen molar-refractivity contribution in [2.24, 2.45) is 0 Å². The molecule has 0 spiro atoms. The first-order chi connectivity index (χ1) is 12.5. The number of rotatable bonds is 4. The van der Waals surface area contributed by atoms with Crippen molar-refractivity contribution in [3.8, 4) is 16.9 Å². The molecule has 0 fully saturated rings. The highest BCUT2D eigenvalue weighted by Gasteiger charge is 2.15. The van der Waals surface area contributed by atoms with Crippen LogP contribution in [0.3, 0.4) is 0 Å². The topological polar surface area (TPSA) is 84.1 Å². The molecule has 26 heavy (non-hydrogen) atoms. The molecule has 2 aromatic heterocycles. The van der Waals surface area contributed by atoms with E-state index in [1.165, 1.54) is 10.9 Å². The van der Waals surface area contributed by atoms with Gasteiger partial charge in [0.05, 0.1) is 24.0 Å². The van der Waals surface area contributed by atoms with E-state index in [4.69, 9.17) is 6.57 Å². The molecule has 2 N–H and O–H groups in total. The van der Waals surface area contributed by atoms with Crippen molar-refractivity contribution in [1.82, 2.24) is 14.8 Å². The molecular formula is C19H17N5O2. The van der Waals surface area contributed by atoms with E-state index < -0.39 is 0 Å². The number of aromatic amines is 1. The molecule has 0 saturated carbocycles. The second-order valence-corrected chi connectivity index (χ2v) is 5.72. The molecular weight excluding hydrogens is 330 g/mol. The highest BCUT2D eigenvalue weighted by Crippen LogP contribution is 2.23. The van der Waals surface area contributed by atoms with Crippen LogP contribution in [-0.4, -0.2) is 20.7 Å². The molecule has 0 bridgehead atoms. The first-order valence-electron chi connectivity index (χ1n) is 8.09. The van der Waals surface area contributed by atoms with Gasteiger partial charge in [-0.05, 0) is 24.6 Å².